The van der Waals surface area contributed by atoms with Crippen LogP contribution in [0.3, 0.4) is 0 Å². The van der Waals surface area contributed by atoms with Gasteiger partial charge in [-0.2, -0.15) is 0 Å². The number of piperidine rings is 1. The standard InChI is InChI=1S/C14H26N2O/c1-11(13-9-5-6-10-15-13)16-14(17)12-7-3-2-4-8-12/h11-13,15H,2-10H2,1H3,(H,16,17). The van der Waals surface area contributed by atoms with E-state index in [9.17, 15) is 4.79 Å². The Morgan fingerprint density at radius 1 is 1.12 bits per heavy atom. The molecule has 0 bridgehead atoms. The molecule has 1 aliphatic heterocycles. The van der Waals surface area contributed by atoms with E-state index in [2.05, 4.69) is 17.6 Å². The minimum absolute atomic E-state index is 0.282. The first kappa shape index (κ1) is 12.9. The Labute approximate surface area is 105 Å². The fraction of sp³-hybridized carbons (Fsp3) is 0.929. The molecule has 2 N–H and O–H groups in total. The smallest absolute Gasteiger partial charge is 0.223 e. The molecule has 2 aliphatic rings. The second kappa shape index (κ2) is 6.39. The van der Waals surface area contributed by atoms with Crippen molar-refractivity contribution in [2.45, 2.75) is 70.4 Å². The summed E-state index contributed by atoms with van der Waals surface area (Å²) in [5.74, 6) is 0.583. The average Bonchev–Trinajstić information content (AvgIpc) is 2.40. The van der Waals surface area contributed by atoms with Crippen LogP contribution >= 0.6 is 0 Å². The van der Waals surface area contributed by atoms with Gasteiger partial charge in [0.25, 0.3) is 0 Å². The van der Waals surface area contributed by atoms with Crippen LogP contribution < -0.4 is 10.6 Å². The molecular weight excluding hydrogens is 212 g/mol. The molecule has 3 nitrogen and oxygen atoms in total. The van der Waals surface area contributed by atoms with Crippen molar-refractivity contribution in [2.24, 2.45) is 5.92 Å². The monoisotopic (exact) mass is 238 g/mol. The van der Waals surface area contributed by atoms with Crippen molar-refractivity contribution in [3.8, 4) is 0 Å². The third-order valence-electron chi connectivity index (χ3n) is 4.30. The van der Waals surface area contributed by atoms with E-state index in [1.807, 2.05) is 0 Å². The minimum atomic E-state index is 0.282. The summed E-state index contributed by atoms with van der Waals surface area (Å²) < 4.78 is 0. The Kier molecular flexibility index (Phi) is 4.84. The molecule has 2 unspecified atom stereocenters. The van der Waals surface area contributed by atoms with Gasteiger partial charge in [0.05, 0.1) is 0 Å². The fourth-order valence-electron chi connectivity index (χ4n) is 3.11. The first-order valence-electron chi connectivity index (χ1n) is 7.31. The second-order valence-corrected chi connectivity index (χ2v) is 5.69. The summed E-state index contributed by atoms with van der Waals surface area (Å²) in [4.78, 5) is 12.1. The summed E-state index contributed by atoms with van der Waals surface area (Å²) in [6.45, 7) is 3.25. The summed E-state index contributed by atoms with van der Waals surface area (Å²) in [5, 5.41) is 6.73. The van der Waals surface area contributed by atoms with E-state index in [0.29, 0.717) is 11.9 Å². The Hall–Kier alpha value is -0.570. The van der Waals surface area contributed by atoms with Gasteiger partial charge in [-0.1, -0.05) is 25.7 Å². The van der Waals surface area contributed by atoms with E-state index in [1.54, 1.807) is 0 Å². The van der Waals surface area contributed by atoms with Gasteiger partial charge in [0.2, 0.25) is 5.91 Å². The Balaban J connectivity index is 1.76. The molecular formula is C14H26N2O. The lowest BCUT2D eigenvalue weighted by Crippen LogP contribution is -2.51. The van der Waals surface area contributed by atoms with Gasteiger partial charge in [-0.05, 0) is 39.2 Å². The molecule has 3 heteroatoms. The summed E-state index contributed by atoms with van der Waals surface area (Å²) in [6.07, 6.45) is 9.73. The first-order chi connectivity index (χ1) is 8.27. The molecule has 1 amide bonds. The third kappa shape index (κ3) is 3.70. The number of amides is 1. The van der Waals surface area contributed by atoms with Gasteiger partial charge in [-0.15, -0.1) is 0 Å². The molecule has 17 heavy (non-hydrogen) atoms. The van der Waals surface area contributed by atoms with Gasteiger partial charge < -0.3 is 10.6 Å². The topological polar surface area (TPSA) is 41.1 Å². The van der Waals surface area contributed by atoms with E-state index in [0.717, 1.165) is 19.4 Å². The predicted octanol–water partition coefficient (Wildman–Crippen LogP) is 2.21. The van der Waals surface area contributed by atoms with Crippen LogP contribution in [-0.2, 0) is 4.79 Å². The lowest BCUT2D eigenvalue weighted by Gasteiger charge is -2.31. The zero-order chi connectivity index (χ0) is 12.1. The molecule has 2 fully saturated rings. The average molecular weight is 238 g/mol. The normalized spacial score (nSPS) is 28.6. The molecule has 0 radical (unpaired) electrons. The van der Waals surface area contributed by atoms with E-state index >= 15 is 0 Å². The van der Waals surface area contributed by atoms with Crippen molar-refractivity contribution in [2.75, 3.05) is 6.54 Å². The van der Waals surface area contributed by atoms with Gasteiger partial charge in [0.15, 0.2) is 0 Å². The quantitative estimate of drug-likeness (QED) is 0.791. The van der Waals surface area contributed by atoms with E-state index < -0.39 is 0 Å². The van der Waals surface area contributed by atoms with Gasteiger partial charge in [-0.3, -0.25) is 4.79 Å². The fourth-order valence-corrected chi connectivity index (χ4v) is 3.11. The highest BCUT2D eigenvalue weighted by Gasteiger charge is 2.25. The van der Waals surface area contributed by atoms with E-state index in [4.69, 9.17) is 0 Å². The van der Waals surface area contributed by atoms with Gasteiger partial charge in [0.1, 0.15) is 0 Å². The van der Waals surface area contributed by atoms with Crippen molar-refractivity contribution in [1.29, 1.82) is 0 Å². The zero-order valence-corrected chi connectivity index (χ0v) is 11.0. The number of hydrogen-bond acceptors (Lipinski definition) is 2. The lowest BCUT2D eigenvalue weighted by molar-refractivity contribution is -0.126. The summed E-state index contributed by atoms with van der Waals surface area (Å²) in [6, 6.07) is 0.765. The van der Waals surface area contributed by atoms with Crippen molar-refractivity contribution in [1.82, 2.24) is 10.6 Å². The van der Waals surface area contributed by atoms with Crippen LogP contribution in [0.4, 0.5) is 0 Å². The third-order valence-corrected chi connectivity index (χ3v) is 4.30. The zero-order valence-electron chi connectivity index (χ0n) is 11.0. The Morgan fingerprint density at radius 2 is 1.82 bits per heavy atom. The summed E-state index contributed by atoms with van der Waals surface area (Å²) >= 11 is 0. The molecule has 1 saturated carbocycles. The largest absolute Gasteiger partial charge is 0.352 e. The van der Waals surface area contributed by atoms with Crippen LogP contribution in [0.5, 0.6) is 0 Å². The molecule has 0 aromatic rings. The minimum Gasteiger partial charge on any atom is -0.352 e. The number of rotatable bonds is 3. The Morgan fingerprint density at radius 3 is 2.47 bits per heavy atom. The van der Waals surface area contributed by atoms with Crippen LogP contribution in [0.25, 0.3) is 0 Å². The van der Waals surface area contributed by atoms with E-state index in [-0.39, 0.29) is 12.0 Å². The first-order valence-corrected chi connectivity index (χ1v) is 7.31. The van der Waals surface area contributed by atoms with Crippen molar-refractivity contribution in [3.63, 3.8) is 0 Å². The number of carbonyl (C=O) groups is 1. The highest BCUT2D eigenvalue weighted by Crippen LogP contribution is 2.24. The molecule has 2 atom stereocenters. The van der Waals surface area contributed by atoms with Crippen LogP contribution in [0.1, 0.15) is 58.3 Å². The SMILES string of the molecule is CC(NC(=O)C1CCCCC1)C1CCCCN1. The predicted molar refractivity (Wildman–Crippen MR) is 69.8 cm³/mol. The molecule has 1 aliphatic carbocycles. The Bertz CT molecular complexity index is 243. The molecule has 1 saturated heterocycles. The van der Waals surface area contributed by atoms with Crippen LogP contribution in [0.2, 0.25) is 0 Å². The van der Waals surface area contributed by atoms with Gasteiger partial charge in [-0.25, -0.2) is 0 Å². The molecule has 0 aromatic heterocycles. The summed E-state index contributed by atoms with van der Waals surface area (Å²) in [5.41, 5.74) is 0. The molecule has 0 aromatic carbocycles. The maximum Gasteiger partial charge on any atom is 0.223 e. The maximum absolute atomic E-state index is 12.1. The van der Waals surface area contributed by atoms with E-state index in [1.165, 1.54) is 38.5 Å². The number of carbonyl (C=O) groups excluding carboxylic acids is 1. The highest BCUT2D eigenvalue weighted by molar-refractivity contribution is 5.79. The number of hydrogen-bond donors (Lipinski definition) is 2. The lowest BCUT2D eigenvalue weighted by atomic mass is 9.88. The van der Waals surface area contributed by atoms with Crippen molar-refractivity contribution in [3.05, 3.63) is 0 Å². The molecule has 1 heterocycles. The highest BCUT2D eigenvalue weighted by atomic mass is 16.1. The van der Waals surface area contributed by atoms with Crippen LogP contribution in [0.15, 0.2) is 0 Å². The van der Waals surface area contributed by atoms with Crippen molar-refractivity contribution < 1.29 is 4.79 Å². The second-order valence-electron chi connectivity index (χ2n) is 5.69. The van der Waals surface area contributed by atoms with Crippen LogP contribution in [-0.4, -0.2) is 24.5 Å². The van der Waals surface area contributed by atoms with Gasteiger partial charge in [0, 0.05) is 18.0 Å². The van der Waals surface area contributed by atoms with Crippen molar-refractivity contribution >= 4 is 5.91 Å². The molecule has 0 spiro atoms. The summed E-state index contributed by atoms with van der Waals surface area (Å²) in [7, 11) is 0. The van der Waals surface area contributed by atoms with Crippen LogP contribution in [0, 0.1) is 5.92 Å². The molecule has 2 rings (SSSR count). The molecule has 98 valence electrons. The maximum atomic E-state index is 12.1. The van der Waals surface area contributed by atoms with Gasteiger partial charge >= 0.3 is 0 Å². The number of nitrogens with one attached hydrogen (secondary N) is 2.